The van der Waals surface area contributed by atoms with Crippen LogP contribution in [0.25, 0.3) is 10.4 Å². The molecule has 0 aliphatic heterocycles. The van der Waals surface area contributed by atoms with Crippen LogP contribution in [0.1, 0.15) is 23.5 Å². The summed E-state index contributed by atoms with van der Waals surface area (Å²) >= 11 is 1.41. The summed E-state index contributed by atoms with van der Waals surface area (Å²) in [5.74, 6) is -0.323. The summed E-state index contributed by atoms with van der Waals surface area (Å²) in [4.78, 5) is 13.4. The molecule has 0 atom stereocenters. The number of hydrogen-bond acceptors (Lipinski definition) is 2. The smallest absolute Gasteiger partial charge is 0.261 e. The minimum absolute atomic E-state index is 0.0663. The average molecular weight is 263 g/mol. The van der Waals surface area contributed by atoms with Crippen molar-refractivity contribution in [1.29, 1.82) is 0 Å². The number of halogens is 1. The van der Waals surface area contributed by atoms with Crippen molar-refractivity contribution in [1.82, 2.24) is 5.32 Å². The quantitative estimate of drug-likeness (QED) is 0.899. The molecular weight excluding hydrogens is 249 g/mol. The summed E-state index contributed by atoms with van der Waals surface area (Å²) in [6.45, 7) is 3.85. The van der Waals surface area contributed by atoms with Crippen molar-refractivity contribution in [3.63, 3.8) is 0 Å². The van der Waals surface area contributed by atoms with Crippen LogP contribution < -0.4 is 5.32 Å². The van der Waals surface area contributed by atoms with Crippen molar-refractivity contribution < 1.29 is 9.18 Å². The molecule has 0 saturated heterocycles. The Hall–Kier alpha value is -1.68. The molecule has 0 aliphatic carbocycles. The second-order valence-corrected chi connectivity index (χ2v) is 5.38. The number of nitrogens with one attached hydrogen (secondary N) is 1. The van der Waals surface area contributed by atoms with Gasteiger partial charge in [-0.25, -0.2) is 4.39 Å². The number of rotatable bonds is 3. The van der Waals surface area contributed by atoms with Crippen molar-refractivity contribution in [2.45, 2.75) is 19.9 Å². The van der Waals surface area contributed by atoms with Crippen LogP contribution in [0.15, 0.2) is 36.4 Å². The van der Waals surface area contributed by atoms with E-state index in [1.165, 1.54) is 23.5 Å². The Bertz CT molecular complexity index is 545. The first kappa shape index (κ1) is 12.8. The second kappa shape index (κ2) is 5.31. The van der Waals surface area contributed by atoms with Gasteiger partial charge in [0.2, 0.25) is 0 Å². The van der Waals surface area contributed by atoms with Gasteiger partial charge in [-0.2, -0.15) is 0 Å². The fraction of sp³-hybridized carbons (Fsp3) is 0.214. The van der Waals surface area contributed by atoms with E-state index in [9.17, 15) is 9.18 Å². The van der Waals surface area contributed by atoms with Gasteiger partial charge < -0.3 is 5.32 Å². The maximum Gasteiger partial charge on any atom is 0.261 e. The second-order valence-electron chi connectivity index (χ2n) is 4.30. The number of hydrogen-bond donors (Lipinski definition) is 1. The number of carbonyl (C=O) groups excluding carboxylic acids is 1. The number of thiophene rings is 1. The summed E-state index contributed by atoms with van der Waals surface area (Å²) in [5.41, 5.74) is 0.921. The summed E-state index contributed by atoms with van der Waals surface area (Å²) in [6, 6.07) is 10.1. The van der Waals surface area contributed by atoms with Crippen molar-refractivity contribution in [2.24, 2.45) is 0 Å². The first-order valence-corrected chi connectivity index (χ1v) is 6.54. The minimum atomic E-state index is -0.256. The van der Waals surface area contributed by atoms with Gasteiger partial charge in [-0.3, -0.25) is 4.79 Å². The molecule has 0 bridgehead atoms. The minimum Gasteiger partial charge on any atom is -0.349 e. The van der Waals surface area contributed by atoms with E-state index in [0.717, 1.165) is 10.4 Å². The van der Waals surface area contributed by atoms with Crippen molar-refractivity contribution in [3.8, 4) is 10.4 Å². The molecule has 1 aromatic carbocycles. The Morgan fingerprint density at radius 1 is 1.17 bits per heavy atom. The Labute approximate surface area is 109 Å². The molecule has 1 amide bonds. The third-order valence-corrected chi connectivity index (χ3v) is 3.51. The molecule has 0 saturated carbocycles. The molecule has 94 valence electrons. The number of benzene rings is 1. The van der Waals surface area contributed by atoms with Crippen molar-refractivity contribution >= 4 is 17.2 Å². The van der Waals surface area contributed by atoms with E-state index in [4.69, 9.17) is 0 Å². The zero-order chi connectivity index (χ0) is 13.1. The lowest BCUT2D eigenvalue weighted by Crippen LogP contribution is -2.29. The SMILES string of the molecule is CC(C)NC(=O)c1ccc(-c2ccc(F)cc2)s1. The van der Waals surface area contributed by atoms with Crippen LogP contribution in [0.4, 0.5) is 4.39 Å². The van der Waals surface area contributed by atoms with E-state index in [-0.39, 0.29) is 17.8 Å². The highest BCUT2D eigenvalue weighted by Crippen LogP contribution is 2.28. The Kier molecular flexibility index (Phi) is 3.77. The first-order chi connectivity index (χ1) is 8.56. The van der Waals surface area contributed by atoms with Crippen molar-refractivity contribution in [2.75, 3.05) is 0 Å². The van der Waals surface area contributed by atoms with E-state index >= 15 is 0 Å². The van der Waals surface area contributed by atoms with Crippen LogP contribution >= 0.6 is 11.3 Å². The van der Waals surface area contributed by atoms with Crippen LogP contribution in [-0.4, -0.2) is 11.9 Å². The van der Waals surface area contributed by atoms with Gasteiger partial charge in [0.15, 0.2) is 0 Å². The summed E-state index contributed by atoms with van der Waals surface area (Å²) in [7, 11) is 0. The van der Waals surface area contributed by atoms with E-state index in [1.54, 1.807) is 18.2 Å². The number of amides is 1. The molecule has 2 aromatic rings. The monoisotopic (exact) mass is 263 g/mol. The Morgan fingerprint density at radius 2 is 1.83 bits per heavy atom. The average Bonchev–Trinajstić information content (AvgIpc) is 2.78. The fourth-order valence-corrected chi connectivity index (χ4v) is 2.48. The zero-order valence-corrected chi connectivity index (χ0v) is 11.1. The lowest BCUT2D eigenvalue weighted by atomic mass is 10.2. The number of carbonyl (C=O) groups is 1. The molecule has 4 heteroatoms. The van der Waals surface area contributed by atoms with Gasteiger partial charge in [-0.1, -0.05) is 12.1 Å². The van der Waals surface area contributed by atoms with Crippen LogP contribution in [0, 0.1) is 5.82 Å². The van der Waals surface area contributed by atoms with E-state index in [1.807, 2.05) is 19.9 Å². The van der Waals surface area contributed by atoms with Crippen LogP contribution in [-0.2, 0) is 0 Å². The maximum absolute atomic E-state index is 12.8. The third kappa shape index (κ3) is 2.96. The molecule has 1 N–H and O–H groups in total. The molecule has 0 radical (unpaired) electrons. The van der Waals surface area contributed by atoms with Gasteiger partial charge in [-0.15, -0.1) is 11.3 Å². The normalized spacial score (nSPS) is 10.7. The van der Waals surface area contributed by atoms with Crippen LogP contribution in [0.3, 0.4) is 0 Å². The van der Waals surface area contributed by atoms with E-state index in [2.05, 4.69) is 5.32 Å². The predicted molar refractivity (Wildman–Crippen MR) is 72.3 cm³/mol. The molecular formula is C14H14FNOS. The maximum atomic E-state index is 12.8. The third-order valence-electron chi connectivity index (χ3n) is 2.38. The molecule has 18 heavy (non-hydrogen) atoms. The van der Waals surface area contributed by atoms with Crippen LogP contribution in [0.2, 0.25) is 0 Å². The molecule has 2 rings (SSSR count). The van der Waals surface area contributed by atoms with Gasteiger partial charge in [0.05, 0.1) is 4.88 Å². The molecule has 0 unspecified atom stereocenters. The highest BCUT2D eigenvalue weighted by Gasteiger charge is 2.10. The zero-order valence-electron chi connectivity index (χ0n) is 10.2. The van der Waals surface area contributed by atoms with Crippen molar-refractivity contribution in [3.05, 3.63) is 47.1 Å². The highest BCUT2D eigenvalue weighted by molar-refractivity contribution is 7.17. The van der Waals surface area contributed by atoms with Gasteiger partial charge in [-0.05, 0) is 43.7 Å². The summed E-state index contributed by atoms with van der Waals surface area (Å²) < 4.78 is 12.8. The molecule has 2 nitrogen and oxygen atoms in total. The predicted octanol–water partition coefficient (Wildman–Crippen LogP) is 3.69. The fourth-order valence-electron chi connectivity index (χ4n) is 1.56. The standard InChI is InChI=1S/C14H14FNOS/c1-9(2)16-14(17)13-8-7-12(18-13)10-3-5-11(15)6-4-10/h3-9H,1-2H3,(H,16,17). The largest absolute Gasteiger partial charge is 0.349 e. The van der Waals surface area contributed by atoms with Gasteiger partial charge in [0.1, 0.15) is 5.82 Å². The lowest BCUT2D eigenvalue weighted by Gasteiger charge is -2.05. The van der Waals surface area contributed by atoms with E-state index in [0.29, 0.717) is 4.88 Å². The molecule has 0 spiro atoms. The highest BCUT2D eigenvalue weighted by atomic mass is 32.1. The lowest BCUT2D eigenvalue weighted by molar-refractivity contribution is 0.0947. The molecule has 0 aliphatic rings. The van der Waals surface area contributed by atoms with Gasteiger partial charge in [0.25, 0.3) is 5.91 Å². The molecule has 1 heterocycles. The summed E-state index contributed by atoms with van der Waals surface area (Å²) in [6.07, 6.45) is 0. The van der Waals surface area contributed by atoms with Crippen LogP contribution in [0.5, 0.6) is 0 Å². The van der Waals surface area contributed by atoms with E-state index < -0.39 is 0 Å². The Morgan fingerprint density at radius 3 is 2.44 bits per heavy atom. The topological polar surface area (TPSA) is 29.1 Å². The molecule has 0 fully saturated rings. The van der Waals surface area contributed by atoms with Gasteiger partial charge >= 0.3 is 0 Å². The van der Waals surface area contributed by atoms with Gasteiger partial charge in [0, 0.05) is 10.9 Å². The molecule has 1 aromatic heterocycles. The first-order valence-electron chi connectivity index (χ1n) is 5.73. The Balaban J connectivity index is 2.20. The summed E-state index contributed by atoms with van der Waals surface area (Å²) in [5, 5.41) is 2.84.